The van der Waals surface area contributed by atoms with Crippen molar-refractivity contribution >= 4 is 17.4 Å². The number of nitrogens with zero attached hydrogens (tertiary/aromatic N) is 2. The SMILES string of the molecule is CCCOc1ccc(/C(O)=C2/C(=O)C(=O)N(CCN(CC)CC)C2c2cccc(Oc3ccccc3)c2)c(C)c1. The fourth-order valence-electron chi connectivity index (χ4n) is 4.98. The number of ether oxygens (including phenoxy) is 2. The van der Waals surface area contributed by atoms with E-state index in [0.717, 1.165) is 25.1 Å². The fraction of sp³-hybridized carbons (Fsp3) is 0.333. The molecule has 0 aromatic heterocycles. The summed E-state index contributed by atoms with van der Waals surface area (Å²) >= 11 is 0. The van der Waals surface area contributed by atoms with Crippen LogP contribution in [0.2, 0.25) is 0 Å². The van der Waals surface area contributed by atoms with Crippen molar-refractivity contribution < 1.29 is 24.2 Å². The summed E-state index contributed by atoms with van der Waals surface area (Å²) in [6.45, 7) is 11.2. The normalized spacial score (nSPS) is 16.5. The fourth-order valence-corrected chi connectivity index (χ4v) is 4.98. The minimum atomic E-state index is -0.759. The molecule has 210 valence electrons. The van der Waals surface area contributed by atoms with Gasteiger partial charge < -0.3 is 24.4 Å². The van der Waals surface area contributed by atoms with Crippen LogP contribution in [-0.4, -0.2) is 59.4 Å². The lowest BCUT2D eigenvalue weighted by Crippen LogP contribution is -2.38. The van der Waals surface area contributed by atoms with Gasteiger partial charge in [0.05, 0.1) is 18.2 Å². The highest BCUT2D eigenvalue weighted by Gasteiger charge is 2.46. The Morgan fingerprint density at radius 1 is 0.900 bits per heavy atom. The number of likely N-dealkylation sites (tertiary alicyclic amines) is 1. The minimum Gasteiger partial charge on any atom is -0.507 e. The van der Waals surface area contributed by atoms with Gasteiger partial charge in [0.25, 0.3) is 11.7 Å². The molecule has 3 aromatic carbocycles. The molecule has 4 rings (SSSR count). The summed E-state index contributed by atoms with van der Waals surface area (Å²) in [6, 6.07) is 21.4. The number of aliphatic hydroxyl groups excluding tert-OH is 1. The van der Waals surface area contributed by atoms with Crippen LogP contribution in [0.5, 0.6) is 17.2 Å². The van der Waals surface area contributed by atoms with Gasteiger partial charge in [-0.25, -0.2) is 0 Å². The molecule has 0 saturated carbocycles. The van der Waals surface area contributed by atoms with E-state index < -0.39 is 17.7 Å². The average Bonchev–Trinajstić information content (AvgIpc) is 3.22. The Bertz CT molecular complexity index is 1360. The first-order valence-electron chi connectivity index (χ1n) is 13.9. The molecule has 0 bridgehead atoms. The zero-order valence-corrected chi connectivity index (χ0v) is 23.7. The monoisotopic (exact) mass is 542 g/mol. The van der Waals surface area contributed by atoms with E-state index in [2.05, 4.69) is 18.7 Å². The number of ketones is 1. The van der Waals surface area contributed by atoms with Gasteiger partial charge >= 0.3 is 0 Å². The molecule has 1 saturated heterocycles. The van der Waals surface area contributed by atoms with E-state index in [0.29, 0.717) is 48.1 Å². The molecule has 1 N–H and O–H groups in total. The summed E-state index contributed by atoms with van der Waals surface area (Å²) in [5.74, 6) is 0.444. The third-order valence-electron chi connectivity index (χ3n) is 7.17. The number of aliphatic hydroxyl groups is 1. The van der Waals surface area contributed by atoms with Gasteiger partial charge in [-0.05, 0) is 80.0 Å². The Morgan fingerprint density at radius 3 is 2.30 bits per heavy atom. The Balaban J connectivity index is 1.78. The minimum absolute atomic E-state index is 0.0757. The first kappa shape index (κ1) is 28.9. The van der Waals surface area contributed by atoms with Crippen LogP contribution < -0.4 is 9.47 Å². The molecule has 1 aliphatic rings. The van der Waals surface area contributed by atoms with Gasteiger partial charge in [0.1, 0.15) is 23.0 Å². The number of carbonyl (C=O) groups excluding carboxylic acids is 2. The van der Waals surface area contributed by atoms with Crippen LogP contribution in [0.1, 0.15) is 49.9 Å². The number of benzene rings is 3. The topological polar surface area (TPSA) is 79.3 Å². The summed E-state index contributed by atoms with van der Waals surface area (Å²) in [4.78, 5) is 30.7. The number of likely N-dealkylation sites (N-methyl/N-ethyl adjacent to an activating group) is 1. The number of amides is 1. The Hall–Kier alpha value is -4.10. The standard InChI is InChI=1S/C33H38N2O5/c1-5-20-39-26-16-17-28(23(4)21-26)31(36)29-30(35(33(38)32(29)37)19-18-34(6-2)7-3)24-12-11-15-27(22-24)40-25-13-9-8-10-14-25/h8-17,21-22,30,36H,5-7,18-20H2,1-4H3/b31-29-. The lowest BCUT2D eigenvalue weighted by Gasteiger charge is -2.28. The first-order chi connectivity index (χ1) is 19.4. The predicted octanol–water partition coefficient (Wildman–Crippen LogP) is 6.34. The largest absolute Gasteiger partial charge is 0.507 e. The molecule has 1 amide bonds. The second-order valence-electron chi connectivity index (χ2n) is 9.83. The van der Waals surface area contributed by atoms with Gasteiger partial charge in [-0.2, -0.15) is 0 Å². The van der Waals surface area contributed by atoms with E-state index in [-0.39, 0.29) is 11.3 Å². The molecule has 0 spiro atoms. The molecule has 7 heteroatoms. The van der Waals surface area contributed by atoms with Crippen LogP contribution in [0.15, 0.2) is 78.4 Å². The quantitative estimate of drug-likeness (QED) is 0.163. The smallest absolute Gasteiger partial charge is 0.295 e. The van der Waals surface area contributed by atoms with Gasteiger partial charge in [-0.15, -0.1) is 0 Å². The lowest BCUT2D eigenvalue weighted by atomic mass is 9.93. The number of para-hydroxylation sites is 1. The van der Waals surface area contributed by atoms with Gasteiger partial charge in [0, 0.05) is 18.7 Å². The second kappa shape index (κ2) is 13.3. The van der Waals surface area contributed by atoms with Gasteiger partial charge in [-0.3, -0.25) is 9.59 Å². The maximum atomic E-state index is 13.5. The molecule has 0 aliphatic carbocycles. The summed E-state index contributed by atoms with van der Waals surface area (Å²) in [5, 5.41) is 11.6. The van der Waals surface area contributed by atoms with E-state index in [4.69, 9.17) is 9.47 Å². The van der Waals surface area contributed by atoms with Crippen LogP contribution in [-0.2, 0) is 9.59 Å². The van der Waals surface area contributed by atoms with E-state index in [9.17, 15) is 14.7 Å². The molecule has 0 radical (unpaired) electrons. The maximum Gasteiger partial charge on any atom is 0.295 e. The number of hydrogen-bond donors (Lipinski definition) is 1. The molecule has 1 fully saturated rings. The highest BCUT2D eigenvalue weighted by molar-refractivity contribution is 6.46. The highest BCUT2D eigenvalue weighted by atomic mass is 16.5. The second-order valence-corrected chi connectivity index (χ2v) is 9.83. The molecular formula is C33H38N2O5. The molecule has 1 atom stereocenters. The molecule has 1 aliphatic heterocycles. The van der Waals surface area contributed by atoms with Crippen molar-refractivity contribution in [2.45, 2.75) is 40.2 Å². The molecule has 1 heterocycles. The highest BCUT2D eigenvalue weighted by Crippen LogP contribution is 2.41. The Morgan fingerprint density at radius 2 is 1.62 bits per heavy atom. The summed E-state index contributed by atoms with van der Waals surface area (Å²) in [5.41, 5.74) is 2.01. The summed E-state index contributed by atoms with van der Waals surface area (Å²) in [7, 11) is 0. The van der Waals surface area contributed by atoms with Crippen molar-refractivity contribution in [3.05, 3.63) is 95.1 Å². The zero-order valence-electron chi connectivity index (χ0n) is 23.7. The van der Waals surface area contributed by atoms with Gasteiger partial charge in [-0.1, -0.05) is 51.1 Å². The van der Waals surface area contributed by atoms with Crippen molar-refractivity contribution in [1.29, 1.82) is 0 Å². The van der Waals surface area contributed by atoms with Gasteiger partial charge in [0.2, 0.25) is 0 Å². The third kappa shape index (κ3) is 6.37. The third-order valence-corrected chi connectivity index (χ3v) is 7.17. The number of carbonyl (C=O) groups is 2. The van der Waals surface area contributed by atoms with Crippen LogP contribution in [0.4, 0.5) is 0 Å². The maximum absolute atomic E-state index is 13.5. The molecule has 1 unspecified atom stereocenters. The van der Waals surface area contributed by atoms with Crippen molar-refractivity contribution in [2.75, 3.05) is 32.8 Å². The van der Waals surface area contributed by atoms with E-state index in [1.54, 1.807) is 17.0 Å². The molecular weight excluding hydrogens is 504 g/mol. The van der Waals surface area contributed by atoms with E-state index >= 15 is 0 Å². The predicted molar refractivity (Wildman–Crippen MR) is 157 cm³/mol. The molecule has 3 aromatic rings. The van der Waals surface area contributed by atoms with Crippen LogP contribution in [0, 0.1) is 6.92 Å². The number of aryl methyl sites for hydroxylation is 1. The van der Waals surface area contributed by atoms with Crippen molar-refractivity contribution in [1.82, 2.24) is 9.80 Å². The number of Topliss-reactive ketones (excluding diaryl/α,β-unsaturated/α-hetero) is 1. The lowest BCUT2D eigenvalue weighted by molar-refractivity contribution is -0.140. The summed E-state index contributed by atoms with van der Waals surface area (Å²) in [6.07, 6.45) is 0.880. The number of hydrogen-bond acceptors (Lipinski definition) is 6. The van der Waals surface area contributed by atoms with Crippen LogP contribution in [0.25, 0.3) is 5.76 Å². The van der Waals surface area contributed by atoms with E-state index in [1.807, 2.05) is 74.5 Å². The first-order valence-corrected chi connectivity index (χ1v) is 13.9. The Kier molecular flexibility index (Phi) is 9.61. The van der Waals surface area contributed by atoms with Crippen molar-refractivity contribution in [2.24, 2.45) is 0 Å². The molecule has 40 heavy (non-hydrogen) atoms. The number of rotatable bonds is 12. The molecule has 7 nitrogen and oxygen atoms in total. The Labute approximate surface area is 236 Å². The van der Waals surface area contributed by atoms with Crippen molar-refractivity contribution in [3.8, 4) is 17.2 Å². The van der Waals surface area contributed by atoms with Crippen LogP contribution >= 0.6 is 0 Å². The van der Waals surface area contributed by atoms with Gasteiger partial charge in [0.15, 0.2) is 0 Å². The average molecular weight is 543 g/mol. The zero-order chi connectivity index (χ0) is 28.6. The summed E-state index contributed by atoms with van der Waals surface area (Å²) < 4.78 is 11.8. The van der Waals surface area contributed by atoms with Crippen LogP contribution in [0.3, 0.4) is 0 Å². The van der Waals surface area contributed by atoms with E-state index in [1.165, 1.54) is 0 Å². The van der Waals surface area contributed by atoms with Crippen molar-refractivity contribution in [3.63, 3.8) is 0 Å².